The van der Waals surface area contributed by atoms with Crippen LogP contribution in [0.3, 0.4) is 0 Å². The average Bonchev–Trinajstić information content (AvgIpc) is 3.01. The number of benzene rings is 6. The van der Waals surface area contributed by atoms with E-state index < -0.39 is 57.3 Å². The summed E-state index contributed by atoms with van der Waals surface area (Å²) in [6.45, 7) is 0. The summed E-state index contributed by atoms with van der Waals surface area (Å²) < 4.78 is 100. The maximum absolute atomic E-state index is 12.3. The number of hydrogen-bond acceptors (Lipinski definition) is 12. The van der Waals surface area contributed by atoms with Crippen LogP contribution in [0.5, 0.6) is 5.75 Å². The Hall–Kier alpha value is -5.37. The van der Waals surface area contributed by atoms with E-state index in [0.29, 0.717) is 32.9 Å². The van der Waals surface area contributed by atoms with Crippen LogP contribution in [0.25, 0.3) is 32.3 Å². The first-order valence-corrected chi connectivity index (χ1v) is 17.7. The smallest absolute Gasteiger partial charge is 0.296 e. The zero-order chi connectivity index (χ0) is 34.6. The summed E-state index contributed by atoms with van der Waals surface area (Å²) in [6, 6.07) is 21.6. The molecule has 6 aromatic carbocycles. The lowest BCUT2D eigenvalue weighted by Crippen LogP contribution is -2.04. The van der Waals surface area contributed by atoms with Gasteiger partial charge in [0, 0.05) is 21.5 Å². The van der Waals surface area contributed by atoms with Gasteiger partial charge in [0.05, 0.1) is 22.7 Å². The van der Waals surface area contributed by atoms with Gasteiger partial charge in [-0.3, -0.25) is 13.7 Å². The van der Waals surface area contributed by atoms with Gasteiger partial charge in [-0.05, 0) is 59.3 Å². The molecule has 0 amide bonds. The van der Waals surface area contributed by atoms with Crippen molar-refractivity contribution in [2.24, 2.45) is 20.5 Å². The number of nitrogens with zero attached hydrogens (tertiary/aromatic N) is 4. The Bertz CT molecular complexity index is 2730. The zero-order valence-electron chi connectivity index (χ0n) is 24.0. The molecule has 0 aliphatic heterocycles. The van der Waals surface area contributed by atoms with Crippen LogP contribution >= 0.6 is 0 Å². The van der Waals surface area contributed by atoms with Crippen molar-refractivity contribution >= 4 is 91.1 Å². The highest BCUT2D eigenvalue weighted by Crippen LogP contribution is 2.44. The third-order valence-electron chi connectivity index (χ3n) is 7.25. The van der Waals surface area contributed by atoms with Crippen LogP contribution in [0.1, 0.15) is 0 Å². The van der Waals surface area contributed by atoms with Crippen molar-refractivity contribution in [1.82, 2.24) is 0 Å². The fourth-order valence-corrected chi connectivity index (χ4v) is 7.10. The van der Waals surface area contributed by atoms with Crippen LogP contribution in [0.15, 0.2) is 126 Å². The third kappa shape index (κ3) is 6.18. The van der Waals surface area contributed by atoms with E-state index in [9.17, 15) is 44.0 Å². The summed E-state index contributed by atoms with van der Waals surface area (Å²) in [5, 5.41) is 29.2. The third-order valence-corrected chi connectivity index (χ3v) is 9.94. The van der Waals surface area contributed by atoms with Gasteiger partial charge in [0.1, 0.15) is 20.4 Å². The highest BCUT2D eigenvalue weighted by atomic mass is 32.2. The van der Waals surface area contributed by atoms with Crippen LogP contribution in [0, 0.1) is 0 Å². The maximum atomic E-state index is 12.3. The number of nitrogens with two attached hydrogens (primary N) is 1. The summed E-state index contributed by atoms with van der Waals surface area (Å²) in [6.07, 6.45) is 0. The highest BCUT2D eigenvalue weighted by Gasteiger charge is 2.25. The van der Waals surface area contributed by atoms with E-state index in [4.69, 9.17) is 5.73 Å². The maximum Gasteiger partial charge on any atom is 0.296 e. The molecule has 0 bridgehead atoms. The molecule has 0 heterocycles. The average molecular weight is 708 g/mol. The molecule has 0 spiro atoms. The van der Waals surface area contributed by atoms with E-state index in [0.717, 1.165) is 18.2 Å². The Morgan fingerprint density at radius 1 is 0.500 bits per heavy atom. The first-order chi connectivity index (χ1) is 22.5. The molecule has 0 aliphatic rings. The molecule has 18 heteroatoms. The number of azo groups is 2. The first-order valence-electron chi connectivity index (χ1n) is 13.4. The molecule has 6 aromatic rings. The van der Waals surface area contributed by atoms with Crippen molar-refractivity contribution < 1.29 is 44.0 Å². The summed E-state index contributed by atoms with van der Waals surface area (Å²) >= 11 is 0. The highest BCUT2D eigenvalue weighted by molar-refractivity contribution is 7.86. The summed E-state index contributed by atoms with van der Waals surface area (Å²) in [5.74, 6) is -0.786. The predicted octanol–water partition coefficient (Wildman–Crippen LogP) is 7.00. The molecule has 0 unspecified atom stereocenters. The Morgan fingerprint density at radius 2 is 1.08 bits per heavy atom. The van der Waals surface area contributed by atoms with E-state index in [-0.39, 0.29) is 21.4 Å². The Kier molecular flexibility index (Phi) is 7.94. The molecule has 0 aliphatic carbocycles. The second-order valence-electron chi connectivity index (χ2n) is 10.3. The molecule has 48 heavy (non-hydrogen) atoms. The van der Waals surface area contributed by atoms with E-state index >= 15 is 0 Å². The van der Waals surface area contributed by atoms with Crippen molar-refractivity contribution in [1.29, 1.82) is 0 Å². The number of aromatic hydroxyl groups is 1. The first kappa shape index (κ1) is 32.6. The van der Waals surface area contributed by atoms with Crippen molar-refractivity contribution in [2.75, 3.05) is 5.73 Å². The van der Waals surface area contributed by atoms with Gasteiger partial charge < -0.3 is 10.8 Å². The SMILES string of the molecule is Nc1cc2c(O)c(N=Nc3ccc(N=Nc4ccc5c(S(=O)(=O)O)cccc5c4)c4ccccc34)c(S(=O)(=O)O)cc2cc1S(=O)(=O)O. The normalized spacial score (nSPS) is 13.0. The molecule has 244 valence electrons. The van der Waals surface area contributed by atoms with E-state index in [2.05, 4.69) is 20.5 Å². The molecule has 0 radical (unpaired) electrons. The molecule has 0 saturated heterocycles. The van der Waals surface area contributed by atoms with Crippen LogP contribution in [0.4, 0.5) is 28.4 Å². The molecule has 0 atom stereocenters. The molecule has 0 saturated carbocycles. The van der Waals surface area contributed by atoms with Gasteiger partial charge in [0.25, 0.3) is 30.4 Å². The van der Waals surface area contributed by atoms with Crippen LogP contribution in [-0.4, -0.2) is 44.0 Å². The number of anilines is 1. The lowest BCUT2D eigenvalue weighted by molar-refractivity contribution is 0.472. The molecule has 6 rings (SSSR count). The van der Waals surface area contributed by atoms with Crippen molar-refractivity contribution in [3.05, 3.63) is 91.0 Å². The van der Waals surface area contributed by atoms with E-state index in [1.165, 1.54) is 30.3 Å². The Labute approximate surface area is 272 Å². The van der Waals surface area contributed by atoms with Gasteiger partial charge >= 0.3 is 0 Å². The fraction of sp³-hybridized carbons (Fsp3) is 0. The van der Waals surface area contributed by atoms with Gasteiger partial charge in [-0.2, -0.15) is 30.4 Å². The van der Waals surface area contributed by atoms with Crippen LogP contribution in [-0.2, 0) is 30.4 Å². The summed E-state index contributed by atoms with van der Waals surface area (Å²) in [4.78, 5) is -1.87. The number of rotatable bonds is 7. The topological polar surface area (TPSA) is 259 Å². The second-order valence-corrected chi connectivity index (χ2v) is 14.5. The van der Waals surface area contributed by atoms with Gasteiger partial charge in [-0.15, -0.1) is 15.3 Å². The Morgan fingerprint density at radius 3 is 1.69 bits per heavy atom. The lowest BCUT2D eigenvalue weighted by Gasteiger charge is -2.11. The molecular weight excluding hydrogens is 687 g/mol. The quantitative estimate of drug-likeness (QED) is 0.0640. The largest absolute Gasteiger partial charge is 0.505 e. The van der Waals surface area contributed by atoms with Crippen molar-refractivity contribution in [2.45, 2.75) is 14.7 Å². The number of hydrogen-bond donors (Lipinski definition) is 5. The second kappa shape index (κ2) is 11.7. The number of phenolic OH excluding ortho intramolecular Hbond substituents is 1. The van der Waals surface area contributed by atoms with Crippen LogP contribution < -0.4 is 5.73 Å². The van der Waals surface area contributed by atoms with E-state index in [1.807, 2.05) is 0 Å². The monoisotopic (exact) mass is 707 g/mol. The number of phenols is 1. The van der Waals surface area contributed by atoms with E-state index in [1.54, 1.807) is 42.5 Å². The minimum Gasteiger partial charge on any atom is -0.505 e. The van der Waals surface area contributed by atoms with Crippen molar-refractivity contribution in [3.63, 3.8) is 0 Å². The summed E-state index contributed by atoms with van der Waals surface area (Å²) in [5.41, 5.74) is 5.63. The van der Waals surface area contributed by atoms with Gasteiger partial charge in [-0.25, -0.2) is 0 Å². The van der Waals surface area contributed by atoms with Gasteiger partial charge in [0.2, 0.25) is 0 Å². The van der Waals surface area contributed by atoms with Crippen molar-refractivity contribution in [3.8, 4) is 5.75 Å². The Balaban J connectivity index is 1.42. The lowest BCUT2D eigenvalue weighted by atomic mass is 10.1. The van der Waals surface area contributed by atoms with Crippen LogP contribution in [0.2, 0.25) is 0 Å². The molecular formula is C30H21N5O10S3. The molecule has 15 nitrogen and oxygen atoms in total. The van der Waals surface area contributed by atoms with Gasteiger partial charge in [0.15, 0.2) is 5.75 Å². The minimum atomic E-state index is -5.04. The number of nitrogen functional groups attached to an aromatic ring is 1. The summed E-state index contributed by atoms with van der Waals surface area (Å²) in [7, 11) is -14.3. The molecule has 0 aromatic heterocycles. The minimum absolute atomic E-state index is 0.134. The van der Waals surface area contributed by atoms with Gasteiger partial charge in [-0.1, -0.05) is 42.5 Å². The standard InChI is InChI=1S/C30H21N5O10S3/c31-23-15-22-17(13-27(23)47(40,41)42)14-28(48(43,44)45)29(30(22)36)35-34-25-11-10-24(20-5-1-2-6-21(20)25)33-32-18-8-9-19-16(12-18)4-3-7-26(19)46(37,38)39/h1-15,36H,31H2,(H,37,38,39)(H,40,41,42)(H,43,44,45). The predicted molar refractivity (Wildman–Crippen MR) is 176 cm³/mol. The fourth-order valence-electron chi connectivity index (χ4n) is 5.09. The molecule has 0 fully saturated rings. The number of fused-ring (bicyclic) bond motifs is 3. The zero-order valence-corrected chi connectivity index (χ0v) is 26.4. The molecule has 6 N–H and O–H groups in total.